The molecule has 4 nitrogen and oxygen atoms in total. The number of carbonyl (C=O) groups is 1. The van der Waals surface area contributed by atoms with Crippen LogP contribution in [-0.4, -0.2) is 38.1 Å². The van der Waals surface area contributed by atoms with Crippen LogP contribution in [0.4, 0.5) is 24.5 Å². The predicted octanol–water partition coefficient (Wildman–Crippen LogP) is 3.09. The van der Waals surface area contributed by atoms with Gasteiger partial charge in [0.05, 0.1) is 48.1 Å². The summed E-state index contributed by atoms with van der Waals surface area (Å²) in [4.78, 5) is 15.8. The summed E-state index contributed by atoms with van der Waals surface area (Å²) in [5.74, 6) is -0.419. The highest BCUT2D eigenvalue weighted by Gasteiger charge is 2.35. The lowest BCUT2D eigenvalue weighted by Gasteiger charge is -2.36. The van der Waals surface area contributed by atoms with E-state index in [-0.39, 0.29) is 5.69 Å². The topological polar surface area (TPSA) is 36.8 Å². The number of amides is 1. The molecule has 1 aliphatic rings. The zero-order chi connectivity index (χ0) is 20.3. The highest BCUT2D eigenvalue weighted by atomic mass is 35.5. The Morgan fingerprint density at radius 2 is 1.71 bits per heavy atom. The molecule has 1 atom stereocenters. The molecule has 1 amide bonds. The first kappa shape index (κ1) is 20.5. The van der Waals surface area contributed by atoms with E-state index in [1.165, 1.54) is 18.2 Å². The largest absolute Gasteiger partial charge is 0.418 e. The molecule has 0 unspecified atom stereocenters. The molecular formula is C20H22ClF3N3O+. The number of alkyl halides is 3. The van der Waals surface area contributed by atoms with Crippen LogP contribution in [0.5, 0.6) is 0 Å². The summed E-state index contributed by atoms with van der Waals surface area (Å²) in [5, 5.41) is 3.13. The molecule has 150 valence electrons. The van der Waals surface area contributed by atoms with Crippen LogP contribution in [0.15, 0.2) is 48.5 Å². The van der Waals surface area contributed by atoms with Gasteiger partial charge in [0.25, 0.3) is 5.91 Å². The highest BCUT2D eigenvalue weighted by Crippen LogP contribution is 2.34. The molecule has 2 aromatic carbocycles. The lowest BCUT2D eigenvalue weighted by atomic mass is 10.1. The average Bonchev–Trinajstić information content (AvgIpc) is 2.67. The van der Waals surface area contributed by atoms with Gasteiger partial charge in [0.2, 0.25) is 0 Å². The first-order chi connectivity index (χ1) is 13.3. The van der Waals surface area contributed by atoms with Crippen molar-refractivity contribution in [1.82, 2.24) is 0 Å². The summed E-state index contributed by atoms with van der Waals surface area (Å²) >= 11 is 6.24. The molecule has 1 saturated heterocycles. The van der Waals surface area contributed by atoms with Crippen LogP contribution in [0, 0.1) is 0 Å². The maximum absolute atomic E-state index is 13.1. The number of halogens is 4. The van der Waals surface area contributed by atoms with Crippen molar-refractivity contribution in [3.8, 4) is 0 Å². The van der Waals surface area contributed by atoms with Gasteiger partial charge in [0.15, 0.2) is 6.04 Å². The normalized spacial score (nSPS) is 16.7. The Bertz CT molecular complexity index is 835. The number of benzene rings is 2. The van der Waals surface area contributed by atoms with Crippen LogP contribution >= 0.6 is 11.6 Å². The van der Waals surface area contributed by atoms with E-state index in [1.807, 2.05) is 24.3 Å². The van der Waals surface area contributed by atoms with Gasteiger partial charge in [-0.2, -0.15) is 13.2 Å². The Morgan fingerprint density at radius 1 is 1.11 bits per heavy atom. The quantitative estimate of drug-likeness (QED) is 0.809. The summed E-state index contributed by atoms with van der Waals surface area (Å²) in [6.07, 6.45) is -4.51. The Balaban J connectivity index is 1.62. The Labute approximate surface area is 166 Å². The van der Waals surface area contributed by atoms with E-state index >= 15 is 0 Å². The third-order valence-corrected chi connectivity index (χ3v) is 5.41. The van der Waals surface area contributed by atoms with Crippen LogP contribution in [0.1, 0.15) is 12.5 Å². The number of quaternary nitrogens is 1. The van der Waals surface area contributed by atoms with Gasteiger partial charge in [-0.05, 0) is 31.2 Å². The molecule has 1 heterocycles. The van der Waals surface area contributed by atoms with Crippen molar-refractivity contribution in [2.75, 3.05) is 36.4 Å². The van der Waals surface area contributed by atoms with Crippen molar-refractivity contribution < 1.29 is 22.9 Å². The SMILES string of the molecule is C[C@@H](C(=O)Nc1ccccc1C(F)(F)F)[NH+]1CCN(c2ccccc2Cl)CC1. The Hall–Kier alpha value is -2.25. The van der Waals surface area contributed by atoms with Crippen LogP contribution < -0.4 is 15.1 Å². The van der Waals surface area contributed by atoms with Gasteiger partial charge in [-0.25, -0.2) is 0 Å². The van der Waals surface area contributed by atoms with Gasteiger partial charge in [-0.3, -0.25) is 4.79 Å². The number of piperazine rings is 1. The fourth-order valence-electron chi connectivity index (χ4n) is 3.44. The molecule has 8 heteroatoms. The monoisotopic (exact) mass is 412 g/mol. The van der Waals surface area contributed by atoms with Gasteiger partial charge in [-0.15, -0.1) is 0 Å². The third kappa shape index (κ3) is 4.59. The molecule has 2 N–H and O–H groups in total. The molecule has 0 bridgehead atoms. The smallest absolute Gasteiger partial charge is 0.359 e. The number of rotatable bonds is 4. The molecule has 1 fully saturated rings. The minimum absolute atomic E-state index is 0.207. The molecule has 0 aliphatic carbocycles. The van der Waals surface area contributed by atoms with Crippen LogP contribution in [0.2, 0.25) is 5.02 Å². The fraction of sp³-hybridized carbons (Fsp3) is 0.350. The molecule has 0 saturated carbocycles. The summed E-state index contributed by atoms with van der Waals surface area (Å²) in [6, 6.07) is 12.2. The van der Waals surface area contributed by atoms with E-state index in [4.69, 9.17) is 11.6 Å². The standard InChI is InChI=1S/C20H21ClF3N3O/c1-14(19(28)25-17-8-4-2-6-15(17)20(22,23)24)26-10-12-27(13-11-26)18-9-5-3-7-16(18)21/h2-9,14H,10-13H2,1H3,(H,25,28)/p+1/t14-/m0/s1. The number of para-hydroxylation sites is 2. The molecule has 28 heavy (non-hydrogen) atoms. The van der Waals surface area contributed by atoms with Gasteiger partial charge in [0.1, 0.15) is 0 Å². The predicted molar refractivity (Wildman–Crippen MR) is 104 cm³/mol. The summed E-state index contributed by atoms with van der Waals surface area (Å²) in [5.41, 5.74) is -0.0885. The number of nitrogens with one attached hydrogen (secondary N) is 2. The number of hydrogen-bond donors (Lipinski definition) is 2. The second-order valence-corrected chi connectivity index (χ2v) is 7.26. The number of carbonyl (C=O) groups excluding carboxylic acids is 1. The van der Waals surface area contributed by atoms with Crippen LogP contribution in [0.25, 0.3) is 0 Å². The van der Waals surface area contributed by atoms with Crippen molar-refractivity contribution in [2.45, 2.75) is 19.1 Å². The fourth-order valence-corrected chi connectivity index (χ4v) is 3.70. The zero-order valence-corrected chi connectivity index (χ0v) is 16.1. The molecule has 0 spiro atoms. The van der Waals surface area contributed by atoms with Crippen molar-refractivity contribution >= 4 is 28.9 Å². The van der Waals surface area contributed by atoms with Crippen LogP contribution in [0.3, 0.4) is 0 Å². The zero-order valence-electron chi connectivity index (χ0n) is 15.4. The van der Waals surface area contributed by atoms with E-state index in [9.17, 15) is 18.0 Å². The third-order valence-electron chi connectivity index (χ3n) is 5.09. The van der Waals surface area contributed by atoms with Gasteiger partial charge >= 0.3 is 6.18 Å². The van der Waals surface area contributed by atoms with Crippen molar-refractivity contribution in [2.24, 2.45) is 0 Å². The van der Waals surface area contributed by atoms with Crippen molar-refractivity contribution in [1.29, 1.82) is 0 Å². The molecule has 0 radical (unpaired) electrons. The second kappa shape index (κ2) is 8.41. The molecule has 3 rings (SSSR count). The average molecular weight is 413 g/mol. The molecular weight excluding hydrogens is 391 g/mol. The Morgan fingerprint density at radius 3 is 2.36 bits per heavy atom. The first-order valence-corrected chi connectivity index (χ1v) is 9.46. The summed E-state index contributed by atoms with van der Waals surface area (Å²) in [6.45, 7) is 4.57. The molecule has 1 aliphatic heterocycles. The number of hydrogen-bond acceptors (Lipinski definition) is 2. The summed E-state index contributed by atoms with van der Waals surface area (Å²) in [7, 11) is 0. The second-order valence-electron chi connectivity index (χ2n) is 6.85. The van der Waals surface area contributed by atoms with E-state index in [2.05, 4.69) is 10.2 Å². The summed E-state index contributed by atoms with van der Waals surface area (Å²) < 4.78 is 39.4. The van der Waals surface area contributed by atoms with E-state index in [0.29, 0.717) is 18.1 Å². The molecule has 0 aromatic heterocycles. The maximum atomic E-state index is 13.1. The maximum Gasteiger partial charge on any atom is 0.418 e. The van der Waals surface area contributed by atoms with E-state index in [1.54, 1.807) is 6.92 Å². The van der Waals surface area contributed by atoms with Gasteiger partial charge in [-0.1, -0.05) is 35.9 Å². The van der Waals surface area contributed by atoms with Gasteiger partial charge in [0, 0.05) is 0 Å². The number of anilines is 2. The highest BCUT2D eigenvalue weighted by molar-refractivity contribution is 6.33. The van der Waals surface area contributed by atoms with Crippen molar-refractivity contribution in [3.63, 3.8) is 0 Å². The first-order valence-electron chi connectivity index (χ1n) is 9.08. The van der Waals surface area contributed by atoms with E-state index < -0.39 is 23.7 Å². The minimum atomic E-state index is -4.51. The van der Waals surface area contributed by atoms with E-state index in [0.717, 1.165) is 29.7 Å². The lowest BCUT2D eigenvalue weighted by molar-refractivity contribution is -0.914. The number of nitrogens with zero attached hydrogens (tertiary/aromatic N) is 1. The van der Waals surface area contributed by atoms with Crippen LogP contribution in [-0.2, 0) is 11.0 Å². The lowest BCUT2D eigenvalue weighted by Crippen LogP contribution is -3.19. The Kier molecular flexibility index (Phi) is 6.15. The minimum Gasteiger partial charge on any atom is -0.359 e. The molecule has 2 aromatic rings. The van der Waals surface area contributed by atoms with Gasteiger partial charge < -0.3 is 15.1 Å². The van der Waals surface area contributed by atoms with Crippen molar-refractivity contribution in [3.05, 3.63) is 59.1 Å².